The van der Waals surface area contributed by atoms with Gasteiger partial charge < -0.3 is 10.2 Å². The average Bonchev–Trinajstić information content (AvgIpc) is 2.57. The molecule has 0 aliphatic carbocycles. The minimum atomic E-state index is 0. The summed E-state index contributed by atoms with van der Waals surface area (Å²) in [4.78, 5) is 5.24. The number of halogens is 2. The number of benzene rings is 1. The van der Waals surface area contributed by atoms with Gasteiger partial charge in [0.1, 0.15) is 0 Å². The molecule has 2 aliphatic rings. The molecule has 1 aromatic rings. The van der Waals surface area contributed by atoms with Gasteiger partial charge in [-0.05, 0) is 75.9 Å². The van der Waals surface area contributed by atoms with Gasteiger partial charge in [-0.3, -0.25) is 4.90 Å². The highest BCUT2D eigenvalue weighted by Crippen LogP contribution is 2.24. The Bertz CT molecular complexity index is 482. The molecule has 0 saturated carbocycles. The van der Waals surface area contributed by atoms with Crippen molar-refractivity contribution in [2.75, 3.05) is 50.7 Å². The molecule has 0 aromatic heterocycles. The second-order valence-electron chi connectivity index (χ2n) is 7.03. The maximum absolute atomic E-state index is 3.47. The molecule has 0 amide bonds. The Hall–Kier alpha value is -0.480. The van der Waals surface area contributed by atoms with E-state index in [1.807, 2.05) is 0 Å². The van der Waals surface area contributed by atoms with Crippen molar-refractivity contribution >= 4 is 30.5 Å². The van der Waals surface area contributed by atoms with Gasteiger partial charge in [-0.1, -0.05) is 12.1 Å². The van der Waals surface area contributed by atoms with Crippen LogP contribution in [0.5, 0.6) is 0 Å². The first-order chi connectivity index (χ1) is 10.7. The van der Waals surface area contributed by atoms with Gasteiger partial charge >= 0.3 is 0 Å². The molecule has 0 radical (unpaired) electrons. The zero-order valence-electron chi connectivity index (χ0n) is 15.1. The SMILES string of the molecule is Cc1cccc(N2CCN(CCC3CCNCC3)CC2)c1C.Cl.Cl. The van der Waals surface area contributed by atoms with Crippen LogP contribution in [0.1, 0.15) is 30.4 Å². The number of nitrogens with one attached hydrogen (secondary N) is 1. The van der Waals surface area contributed by atoms with E-state index >= 15 is 0 Å². The molecule has 3 nitrogen and oxygen atoms in total. The van der Waals surface area contributed by atoms with Gasteiger partial charge in [-0.2, -0.15) is 0 Å². The van der Waals surface area contributed by atoms with Crippen LogP contribution in [-0.4, -0.2) is 50.7 Å². The number of hydrogen-bond donors (Lipinski definition) is 1. The van der Waals surface area contributed by atoms with Gasteiger partial charge in [0.05, 0.1) is 0 Å². The van der Waals surface area contributed by atoms with Crippen LogP contribution in [0.4, 0.5) is 5.69 Å². The lowest BCUT2D eigenvalue weighted by atomic mass is 9.94. The first kappa shape index (κ1) is 21.6. The number of rotatable bonds is 4. The summed E-state index contributed by atoms with van der Waals surface area (Å²) in [7, 11) is 0. The number of piperidine rings is 1. The van der Waals surface area contributed by atoms with Gasteiger partial charge in [0.25, 0.3) is 0 Å². The monoisotopic (exact) mass is 373 g/mol. The van der Waals surface area contributed by atoms with Crippen molar-refractivity contribution in [1.82, 2.24) is 10.2 Å². The summed E-state index contributed by atoms with van der Waals surface area (Å²) in [5.41, 5.74) is 4.30. The fourth-order valence-electron chi connectivity index (χ4n) is 3.83. The molecule has 3 rings (SSSR count). The molecule has 1 aromatic carbocycles. The van der Waals surface area contributed by atoms with Crippen molar-refractivity contribution in [3.63, 3.8) is 0 Å². The van der Waals surface area contributed by atoms with E-state index in [1.54, 1.807) is 0 Å². The second-order valence-corrected chi connectivity index (χ2v) is 7.03. The Morgan fingerprint density at radius 3 is 2.33 bits per heavy atom. The molecule has 0 atom stereocenters. The van der Waals surface area contributed by atoms with E-state index < -0.39 is 0 Å². The fourth-order valence-corrected chi connectivity index (χ4v) is 3.83. The third-order valence-corrected chi connectivity index (χ3v) is 5.60. The second kappa shape index (κ2) is 10.5. The van der Waals surface area contributed by atoms with Gasteiger partial charge in [-0.15, -0.1) is 24.8 Å². The minimum Gasteiger partial charge on any atom is -0.369 e. The van der Waals surface area contributed by atoms with Crippen molar-refractivity contribution < 1.29 is 0 Å². The van der Waals surface area contributed by atoms with Crippen molar-refractivity contribution in [3.05, 3.63) is 29.3 Å². The number of aryl methyl sites for hydroxylation is 1. The summed E-state index contributed by atoms with van der Waals surface area (Å²) < 4.78 is 0. The van der Waals surface area contributed by atoms with E-state index in [0.717, 1.165) is 5.92 Å². The highest BCUT2D eigenvalue weighted by molar-refractivity contribution is 5.85. The number of anilines is 1. The third-order valence-electron chi connectivity index (χ3n) is 5.60. The van der Waals surface area contributed by atoms with Crippen molar-refractivity contribution in [2.45, 2.75) is 33.1 Å². The topological polar surface area (TPSA) is 18.5 Å². The molecule has 0 bridgehead atoms. The predicted molar refractivity (Wildman–Crippen MR) is 109 cm³/mol. The van der Waals surface area contributed by atoms with E-state index in [-0.39, 0.29) is 24.8 Å². The molecule has 2 aliphatic heterocycles. The summed E-state index contributed by atoms with van der Waals surface area (Å²) in [5.74, 6) is 0.957. The van der Waals surface area contributed by atoms with Crippen LogP contribution in [0.25, 0.3) is 0 Å². The number of nitrogens with zero attached hydrogens (tertiary/aromatic N) is 2. The molecule has 24 heavy (non-hydrogen) atoms. The number of hydrogen-bond acceptors (Lipinski definition) is 3. The lowest BCUT2D eigenvalue weighted by Crippen LogP contribution is -2.47. The molecule has 2 saturated heterocycles. The van der Waals surface area contributed by atoms with Crippen LogP contribution in [-0.2, 0) is 0 Å². The fraction of sp³-hybridized carbons (Fsp3) is 0.684. The largest absolute Gasteiger partial charge is 0.369 e. The first-order valence-electron chi connectivity index (χ1n) is 8.98. The minimum absolute atomic E-state index is 0. The Labute approximate surface area is 160 Å². The highest BCUT2D eigenvalue weighted by atomic mass is 35.5. The Morgan fingerprint density at radius 1 is 1.00 bits per heavy atom. The first-order valence-corrected chi connectivity index (χ1v) is 8.98. The van der Waals surface area contributed by atoms with E-state index in [2.05, 4.69) is 47.2 Å². The van der Waals surface area contributed by atoms with Crippen LogP contribution < -0.4 is 10.2 Å². The summed E-state index contributed by atoms with van der Waals surface area (Å²) in [6.45, 7) is 13.0. The average molecular weight is 374 g/mol. The molecule has 0 spiro atoms. The van der Waals surface area contributed by atoms with Crippen LogP contribution in [0.2, 0.25) is 0 Å². The maximum atomic E-state index is 3.47. The van der Waals surface area contributed by atoms with Crippen LogP contribution in [0, 0.1) is 19.8 Å². The predicted octanol–water partition coefficient (Wildman–Crippen LogP) is 3.66. The van der Waals surface area contributed by atoms with Crippen LogP contribution in [0.3, 0.4) is 0 Å². The summed E-state index contributed by atoms with van der Waals surface area (Å²) in [6.07, 6.45) is 4.15. The van der Waals surface area contributed by atoms with Crippen molar-refractivity contribution in [1.29, 1.82) is 0 Å². The molecule has 2 heterocycles. The van der Waals surface area contributed by atoms with Gasteiger partial charge in [-0.25, -0.2) is 0 Å². The molecular formula is C19H33Cl2N3. The van der Waals surface area contributed by atoms with Crippen molar-refractivity contribution in [2.24, 2.45) is 5.92 Å². The lowest BCUT2D eigenvalue weighted by molar-refractivity contribution is 0.224. The zero-order chi connectivity index (χ0) is 15.4. The lowest BCUT2D eigenvalue weighted by Gasteiger charge is -2.37. The quantitative estimate of drug-likeness (QED) is 0.868. The number of piperazine rings is 1. The highest BCUT2D eigenvalue weighted by Gasteiger charge is 2.20. The molecule has 5 heteroatoms. The summed E-state index contributed by atoms with van der Waals surface area (Å²) in [5, 5.41) is 3.47. The van der Waals surface area contributed by atoms with Gasteiger partial charge in [0.15, 0.2) is 0 Å². The third kappa shape index (κ3) is 5.52. The molecule has 2 fully saturated rings. The molecule has 1 N–H and O–H groups in total. The van der Waals surface area contributed by atoms with Gasteiger partial charge in [0, 0.05) is 31.9 Å². The Kier molecular flexibility index (Phi) is 9.43. The Balaban J connectivity index is 0.00000144. The Morgan fingerprint density at radius 2 is 1.67 bits per heavy atom. The normalized spacial score (nSPS) is 19.5. The molecule has 0 unspecified atom stereocenters. The summed E-state index contributed by atoms with van der Waals surface area (Å²) >= 11 is 0. The van der Waals surface area contributed by atoms with Crippen molar-refractivity contribution in [3.8, 4) is 0 Å². The summed E-state index contributed by atoms with van der Waals surface area (Å²) in [6, 6.07) is 6.70. The zero-order valence-corrected chi connectivity index (χ0v) is 16.7. The van der Waals surface area contributed by atoms with E-state index in [4.69, 9.17) is 0 Å². The molecular weight excluding hydrogens is 341 g/mol. The van der Waals surface area contributed by atoms with Crippen LogP contribution >= 0.6 is 24.8 Å². The van der Waals surface area contributed by atoms with Gasteiger partial charge in [0.2, 0.25) is 0 Å². The van der Waals surface area contributed by atoms with Crippen LogP contribution in [0.15, 0.2) is 18.2 Å². The standard InChI is InChI=1S/C19H31N3.2ClH/c1-16-4-3-5-19(17(16)2)22-14-12-21(13-15-22)11-8-18-6-9-20-10-7-18;;/h3-5,18,20H,6-15H2,1-2H3;2*1H. The van der Waals surface area contributed by atoms with E-state index in [0.29, 0.717) is 0 Å². The van der Waals surface area contributed by atoms with E-state index in [1.165, 1.54) is 81.9 Å². The van der Waals surface area contributed by atoms with E-state index in [9.17, 15) is 0 Å². The smallest absolute Gasteiger partial charge is 0.0399 e. The molecule has 138 valence electrons. The maximum Gasteiger partial charge on any atom is 0.0399 e.